The lowest BCUT2D eigenvalue weighted by atomic mass is 10.1. The van der Waals surface area contributed by atoms with Gasteiger partial charge in [-0.2, -0.15) is 0 Å². The summed E-state index contributed by atoms with van der Waals surface area (Å²) in [6.45, 7) is 1.22. The Morgan fingerprint density at radius 3 is 2.12 bits per heavy atom. The van der Waals surface area contributed by atoms with Crippen LogP contribution < -0.4 is 9.62 Å². The minimum atomic E-state index is -3.79. The van der Waals surface area contributed by atoms with Gasteiger partial charge in [0.2, 0.25) is 21.8 Å². The summed E-state index contributed by atoms with van der Waals surface area (Å²) in [6.07, 6.45) is 1.33. The third-order valence-electron chi connectivity index (χ3n) is 4.82. The first kappa shape index (κ1) is 26.4. The monoisotopic (exact) mass is 563 g/mol. The molecule has 2 aromatic carbocycles. The first-order valence-electron chi connectivity index (χ1n) is 9.66. The number of nitrogens with one attached hydrogen (secondary N) is 1. The number of hydrogen-bond acceptors (Lipinski definition) is 4. The van der Waals surface area contributed by atoms with Crippen LogP contribution in [-0.2, 0) is 26.2 Å². The first-order chi connectivity index (χ1) is 15.0. The fraction of sp³-hybridized carbons (Fsp3) is 0.333. The van der Waals surface area contributed by atoms with Gasteiger partial charge >= 0.3 is 0 Å². The highest BCUT2D eigenvalue weighted by Gasteiger charge is 2.32. The predicted molar refractivity (Wildman–Crippen MR) is 131 cm³/mol. The van der Waals surface area contributed by atoms with Crippen molar-refractivity contribution in [3.05, 3.63) is 62.5 Å². The second kappa shape index (κ2) is 11.4. The second-order valence-corrected chi connectivity index (χ2v) is 10.6. The molecular formula is C21H24BrCl2N3O4S. The molecule has 0 aliphatic carbocycles. The molecule has 0 bridgehead atoms. The van der Waals surface area contributed by atoms with Gasteiger partial charge in [0.15, 0.2) is 0 Å². The van der Waals surface area contributed by atoms with E-state index in [1.54, 1.807) is 49.4 Å². The Morgan fingerprint density at radius 2 is 1.66 bits per heavy atom. The van der Waals surface area contributed by atoms with E-state index in [4.69, 9.17) is 23.2 Å². The number of nitrogens with zero attached hydrogens (tertiary/aromatic N) is 2. The third-order valence-corrected chi connectivity index (χ3v) is 7.19. The Bertz CT molecular complexity index is 1060. The zero-order valence-corrected chi connectivity index (χ0v) is 21.7. The standard InChI is InChI=1S/C21H24BrCl2N3O4S/c1-4-19(21(29)25-2)26(12-16-17(23)6-5-7-18(16)24)20(28)13-27(32(3,30)31)15-10-8-14(22)9-11-15/h5-11,19H,4,12-13H2,1-3H3,(H,25,29)/t19-/m1/s1. The number of likely N-dealkylation sites (N-methyl/N-ethyl adjacent to an activating group) is 1. The number of benzene rings is 2. The maximum atomic E-state index is 13.4. The highest BCUT2D eigenvalue weighted by Crippen LogP contribution is 2.28. The van der Waals surface area contributed by atoms with Gasteiger partial charge in [-0.15, -0.1) is 0 Å². The van der Waals surface area contributed by atoms with Crippen LogP contribution in [0.25, 0.3) is 0 Å². The van der Waals surface area contributed by atoms with Crippen LogP contribution in [0.15, 0.2) is 46.9 Å². The Morgan fingerprint density at radius 1 is 1.09 bits per heavy atom. The van der Waals surface area contributed by atoms with Crippen LogP contribution in [0.5, 0.6) is 0 Å². The van der Waals surface area contributed by atoms with E-state index < -0.39 is 28.5 Å². The first-order valence-corrected chi connectivity index (χ1v) is 13.1. The molecule has 0 unspecified atom stereocenters. The normalized spacial score (nSPS) is 12.2. The number of amides is 2. The SMILES string of the molecule is CC[C@H](C(=O)NC)N(Cc1c(Cl)cccc1Cl)C(=O)CN(c1ccc(Br)cc1)S(C)(=O)=O. The molecule has 2 amide bonds. The summed E-state index contributed by atoms with van der Waals surface area (Å²) in [7, 11) is -2.32. The molecule has 0 fully saturated rings. The summed E-state index contributed by atoms with van der Waals surface area (Å²) in [5, 5.41) is 3.24. The smallest absolute Gasteiger partial charge is 0.244 e. The average molecular weight is 565 g/mol. The highest BCUT2D eigenvalue weighted by atomic mass is 79.9. The number of anilines is 1. The number of sulfonamides is 1. The van der Waals surface area contributed by atoms with Crippen molar-refractivity contribution in [1.29, 1.82) is 0 Å². The van der Waals surface area contributed by atoms with Crippen molar-refractivity contribution >= 4 is 66.7 Å². The van der Waals surface area contributed by atoms with Gasteiger partial charge in [-0.05, 0) is 42.8 Å². The van der Waals surface area contributed by atoms with Crippen LogP contribution in [-0.4, -0.2) is 51.0 Å². The summed E-state index contributed by atoms with van der Waals surface area (Å²) in [4.78, 5) is 27.3. The van der Waals surface area contributed by atoms with Crippen LogP contribution in [0.3, 0.4) is 0 Å². The summed E-state index contributed by atoms with van der Waals surface area (Å²) in [5.41, 5.74) is 0.800. The molecule has 11 heteroatoms. The average Bonchev–Trinajstić information content (AvgIpc) is 2.73. The van der Waals surface area contributed by atoms with Gasteiger partial charge in [-0.1, -0.05) is 52.1 Å². The number of halogens is 3. The molecule has 7 nitrogen and oxygen atoms in total. The molecule has 1 atom stereocenters. The molecule has 0 heterocycles. The van der Waals surface area contributed by atoms with E-state index in [0.717, 1.165) is 15.0 Å². The lowest BCUT2D eigenvalue weighted by Gasteiger charge is -2.33. The number of rotatable bonds is 9. The van der Waals surface area contributed by atoms with Crippen LogP contribution in [0.1, 0.15) is 18.9 Å². The quantitative estimate of drug-likeness (QED) is 0.497. The Kier molecular flexibility index (Phi) is 9.39. The van der Waals surface area contributed by atoms with Crippen LogP contribution in [0, 0.1) is 0 Å². The molecule has 2 rings (SSSR count). The lowest BCUT2D eigenvalue weighted by Crippen LogP contribution is -2.51. The van der Waals surface area contributed by atoms with E-state index in [9.17, 15) is 18.0 Å². The summed E-state index contributed by atoms with van der Waals surface area (Å²) >= 11 is 15.9. The zero-order valence-electron chi connectivity index (χ0n) is 17.8. The van der Waals surface area contributed by atoms with Crippen LogP contribution >= 0.6 is 39.1 Å². The van der Waals surface area contributed by atoms with E-state index in [-0.39, 0.29) is 12.5 Å². The number of carbonyl (C=O) groups is 2. The van der Waals surface area contributed by atoms with Gasteiger partial charge < -0.3 is 10.2 Å². The topological polar surface area (TPSA) is 86.8 Å². The van der Waals surface area contributed by atoms with Gasteiger partial charge in [0.25, 0.3) is 0 Å². The molecule has 174 valence electrons. The molecule has 0 aromatic heterocycles. The largest absolute Gasteiger partial charge is 0.357 e. The van der Waals surface area contributed by atoms with E-state index >= 15 is 0 Å². The summed E-state index contributed by atoms with van der Waals surface area (Å²) < 4.78 is 26.8. The van der Waals surface area contributed by atoms with Crippen molar-refractivity contribution in [2.75, 3.05) is 24.2 Å². The second-order valence-electron chi connectivity index (χ2n) is 7.01. The van der Waals surface area contributed by atoms with Gasteiger partial charge in [0, 0.05) is 33.7 Å². The molecule has 0 saturated carbocycles. The predicted octanol–water partition coefficient (Wildman–Crippen LogP) is 4.08. The molecule has 2 aromatic rings. The van der Waals surface area contributed by atoms with Crippen molar-refractivity contribution in [2.45, 2.75) is 25.9 Å². The molecule has 0 aliphatic heterocycles. The van der Waals surface area contributed by atoms with Crippen LogP contribution in [0.4, 0.5) is 5.69 Å². The maximum absolute atomic E-state index is 13.4. The fourth-order valence-corrected chi connectivity index (χ4v) is 4.79. The van der Waals surface area contributed by atoms with Gasteiger partial charge in [0.05, 0.1) is 11.9 Å². The fourth-order valence-electron chi connectivity index (χ4n) is 3.16. The van der Waals surface area contributed by atoms with E-state index in [1.165, 1.54) is 11.9 Å². The molecular weight excluding hydrogens is 541 g/mol. The zero-order chi connectivity index (χ0) is 24.1. The van der Waals surface area contributed by atoms with Crippen molar-refractivity contribution in [1.82, 2.24) is 10.2 Å². The van der Waals surface area contributed by atoms with Crippen molar-refractivity contribution < 1.29 is 18.0 Å². The maximum Gasteiger partial charge on any atom is 0.244 e. The van der Waals surface area contributed by atoms with E-state index in [2.05, 4.69) is 21.2 Å². The van der Waals surface area contributed by atoms with Gasteiger partial charge in [0.1, 0.15) is 12.6 Å². The minimum absolute atomic E-state index is 0.0544. The molecule has 0 aliphatic rings. The minimum Gasteiger partial charge on any atom is -0.357 e. The number of carbonyl (C=O) groups excluding carboxylic acids is 2. The molecule has 32 heavy (non-hydrogen) atoms. The third kappa shape index (κ3) is 6.60. The molecule has 0 saturated heterocycles. The van der Waals surface area contributed by atoms with E-state index in [0.29, 0.717) is 27.7 Å². The van der Waals surface area contributed by atoms with Crippen molar-refractivity contribution in [3.8, 4) is 0 Å². The molecule has 1 N–H and O–H groups in total. The van der Waals surface area contributed by atoms with Crippen molar-refractivity contribution in [2.24, 2.45) is 0 Å². The summed E-state index contributed by atoms with van der Waals surface area (Å²) in [6, 6.07) is 10.6. The Hall–Kier alpha value is -1.81. The molecule has 0 radical (unpaired) electrons. The highest BCUT2D eigenvalue weighted by molar-refractivity contribution is 9.10. The Balaban J connectivity index is 2.47. The molecule has 0 spiro atoms. The van der Waals surface area contributed by atoms with Gasteiger partial charge in [-0.25, -0.2) is 8.42 Å². The lowest BCUT2D eigenvalue weighted by molar-refractivity contribution is -0.140. The van der Waals surface area contributed by atoms with Crippen LogP contribution in [0.2, 0.25) is 10.0 Å². The Labute approximate surface area is 206 Å². The summed E-state index contributed by atoms with van der Waals surface area (Å²) in [5.74, 6) is -0.941. The van der Waals surface area contributed by atoms with E-state index in [1.807, 2.05) is 0 Å². The van der Waals surface area contributed by atoms with Crippen molar-refractivity contribution in [3.63, 3.8) is 0 Å². The van der Waals surface area contributed by atoms with Gasteiger partial charge in [-0.3, -0.25) is 13.9 Å². The number of hydrogen-bond donors (Lipinski definition) is 1.